The summed E-state index contributed by atoms with van der Waals surface area (Å²) in [5.41, 5.74) is 5.69. The standard InChI is InChI=1S/C18H19N7/c1-11-6-4-5-7-15(11)25-9-8-14(24-25)12(2)21-18-17-16(19-10-20-18)13(3)22-23-17/h4-10,12H,1-3H3,(H,22,23)(H,19,20,21). The van der Waals surface area contributed by atoms with Gasteiger partial charge < -0.3 is 5.32 Å². The number of nitrogens with one attached hydrogen (secondary N) is 2. The summed E-state index contributed by atoms with van der Waals surface area (Å²) in [5, 5.41) is 15.3. The van der Waals surface area contributed by atoms with Crippen molar-refractivity contribution in [1.82, 2.24) is 29.9 Å². The molecule has 7 nitrogen and oxygen atoms in total. The number of nitrogens with zero attached hydrogens (tertiary/aromatic N) is 5. The summed E-state index contributed by atoms with van der Waals surface area (Å²) in [6, 6.07) is 10.2. The number of rotatable bonds is 4. The van der Waals surface area contributed by atoms with E-state index in [1.807, 2.05) is 36.0 Å². The van der Waals surface area contributed by atoms with Gasteiger partial charge in [0.1, 0.15) is 11.8 Å². The van der Waals surface area contributed by atoms with E-state index in [2.05, 4.69) is 51.5 Å². The Morgan fingerprint density at radius 2 is 1.92 bits per heavy atom. The van der Waals surface area contributed by atoms with Crippen molar-refractivity contribution in [2.45, 2.75) is 26.8 Å². The molecule has 0 saturated carbocycles. The Kier molecular flexibility index (Phi) is 3.68. The Morgan fingerprint density at radius 1 is 1.08 bits per heavy atom. The Labute approximate surface area is 145 Å². The molecule has 3 aromatic heterocycles. The Hall–Kier alpha value is -3.22. The fourth-order valence-corrected chi connectivity index (χ4v) is 2.86. The van der Waals surface area contributed by atoms with Crippen LogP contribution >= 0.6 is 0 Å². The predicted molar refractivity (Wildman–Crippen MR) is 96.8 cm³/mol. The molecule has 0 amide bonds. The molecular formula is C18H19N7. The second kappa shape index (κ2) is 6.01. The normalized spacial score (nSPS) is 12.4. The first-order chi connectivity index (χ1) is 12.1. The van der Waals surface area contributed by atoms with Gasteiger partial charge in [-0.1, -0.05) is 18.2 Å². The largest absolute Gasteiger partial charge is 0.360 e. The van der Waals surface area contributed by atoms with E-state index in [4.69, 9.17) is 5.10 Å². The number of aromatic nitrogens is 6. The van der Waals surface area contributed by atoms with Crippen molar-refractivity contribution in [3.63, 3.8) is 0 Å². The van der Waals surface area contributed by atoms with Crippen molar-refractivity contribution in [3.8, 4) is 5.69 Å². The molecule has 0 fully saturated rings. The molecule has 1 aromatic carbocycles. The van der Waals surface area contributed by atoms with E-state index in [1.165, 1.54) is 5.56 Å². The lowest BCUT2D eigenvalue weighted by molar-refractivity contribution is 0.773. The molecule has 4 rings (SSSR count). The zero-order chi connectivity index (χ0) is 17.4. The van der Waals surface area contributed by atoms with Gasteiger partial charge in [-0.15, -0.1) is 0 Å². The Morgan fingerprint density at radius 3 is 2.76 bits per heavy atom. The molecule has 0 saturated heterocycles. The summed E-state index contributed by atoms with van der Waals surface area (Å²) in [4.78, 5) is 8.60. The third kappa shape index (κ3) is 2.73. The highest BCUT2D eigenvalue weighted by molar-refractivity contribution is 5.86. The van der Waals surface area contributed by atoms with Gasteiger partial charge in [0.05, 0.1) is 23.1 Å². The van der Waals surface area contributed by atoms with Crippen molar-refractivity contribution in [2.75, 3.05) is 5.32 Å². The van der Waals surface area contributed by atoms with Crippen LogP contribution in [0.5, 0.6) is 0 Å². The number of hydrogen-bond acceptors (Lipinski definition) is 5. The Bertz CT molecular complexity index is 1030. The smallest absolute Gasteiger partial charge is 0.158 e. The highest BCUT2D eigenvalue weighted by Crippen LogP contribution is 2.23. The molecule has 1 atom stereocenters. The number of fused-ring (bicyclic) bond motifs is 1. The van der Waals surface area contributed by atoms with E-state index in [9.17, 15) is 0 Å². The SMILES string of the molecule is Cc1ccccc1-n1ccc(C(C)Nc2ncnc3c(C)[nH]nc23)n1. The molecule has 0 bridgehead atoms. The molecule has 0 aliphatic rings. The molecule has 0 radical (unpaired) electrons. The van der Waals surface area contributed by atoms with Gasteiger partial charge >= 0.3 is 0 Å². The summed E-state index contributed by atoms with van der Waals surface area (Å²) in [5.74, 6) is 0.701. The molecular weight excluding hydrogens is 314 g/mol. The number of benzene rings is 1. The molecule has 0 spiro atoms. The summed E-state index contributed by atoms with van der Waals surface area (Å²) in [6.45, 7) is 6.08. The summed E-state index contributed by atoms with van der Waals surface area (Å²) in [6.07, 6.45) is 3.52. The van der Waals surface area contributed by atoms with Gasteiger partial charge in [0.2, 0.25) is 0 Å². The number of anilines is 1. The minimum atomic E-state index is -0.0135. The number of para-hydroxylation sites is 1. The van der Waals surface area contributed by atoms with Gasteiger partial charge in [-0.2, -0.15) is 10.2 Å². The fourth-order valence-electron chi connectivity index (χ4n) is 2.86. The molecule has 7 heteroatoms. The van der Waals surface area contributed by atoms with Gasteiger partial charge in [0, 0.05) is 6.20 Å². The second-order valence-electron chi connectivity index (χ2n) is 6.11. The van der Waals surface area contributed by atoms with Crippen molar-refractivity contribution >= 4 is 16.9 Å². The highest BCUT2D eigenvalue weighted by atomic mass is 15.3. The first-order valence-corrected chi connectivity index (χ1v) is 8.17. The third-order valence-electron chi connectivity index (χ3n) is 4.28. The number of hydrogen-bond donors (Lipinski definition) is 2. The van der Waals surface area contributed by atoms with Crippen LogP contribution < -0.4 is 5.32 Å². The number of aromatic amines is 1. The van der Waals surface area contributed by atoms with E-state index in [1.54, 1.807) is 6.33 Å². The third-order valence-corrected chi connectivity index (χ3v) is 4.28. The first-order valence-electron chi connectivity index (χ1n) is 8.17. The van der Waals surface area contributed by atoms with Crippen LogP contribution in [0.2, 0.25) is 0 Å². The van der Waals surface area contributed by atoms with Gasteiger partial charge in [-0.3, -0.25) is 5.10 Å². The molecule has 2 N–H and O–H groups in total. The van der Waals surface area contributed by atoms with Gasteiger partial charge in [-0.25, -0.2) is 14.6 Å². The zero-order valence-corrected chi connectivity index (χ0v) is 14.4. The molecule has 4 aromatic rings. The van der Waals surface area contributed by atoms with Crippen LogP contribution in [0.15, 0.2) is 42.9 Å². The second-order valence-corrected chi connectivity index (χ2v) is 6.11. The summed E-state index contributed by atoms with van der Waals surface area (Å²) >= 11 is 0. The zero-order valence-electron chi connectivity index (χ0n) is 14.4. The minimum absolute atomic E-state index is 0.0135. The summed E-state index contributed by atoms with van der Waals surface area (Å²) in [7, 11) is 0. The van der Waals surface area contributed by atoms with Gasteiger partial charge in [-0.05, 0) is 38.5 Å². The fraction of sp³-hybridized carbons (Fsp3) is 0.222. The maximum atomic E-state index is 4.71. The van der Waals surface area contributed by atoms with Crippen molar-refractivity contribution in [3.05, 3.63) is 59.8 Å². The van der Waals surface area contributed by atoms with Crippen LogP contribution in [-0.2, 0) is 0 Å². The van der Waals surface area contributed by atoms with Gasteiger partial charge in [0.15, 0.2) is 11.3 Å². The average Bonchev–Trinajstić information content (AvgIpc) is 3.24. The maximum absolute atomic E-state index is 4.71. The van der Waals surface area contributed by atoms with Crippen LogP contribution in [0.3, 0.4) is 0 Å². The van der Waals surface area contributed by atoms with E-state index in [0.29, 0.717) is 5.82 Å². The first kappa shape index (κ1) is 15.3. The van der Waals surface area contributed by atoms with E-state index in [0.717, 1.165) is 28.1 Å². The van der Waals surface area contributed by atoms with E-state index in [-0.39, 0.29) is 6.04 Å². The minimum Gasteiger partial charge on any atom is -0.360 e. The van der Waals surface area contributed by atoms with Crippen LogP contribution in [0.25, 0.3) is 16.7 Å². The van der Waals surface area contributed by atoms with Crippen LogP contribution in [-0.4, -0.2) is 29.9 Å². The lowest BCUT2D eigenvalue weighted by Gasteiger charge is -2.12. The molecule has 126 valence electrons. The van der Waals surface area contributed by atoms with Crippen LogP contribution in [0.1, 0.15) is 29.9 Å². The highest BCUT2D eigenvalue weighted by Gasteiger charge is 2.15. The lowest BCUT2D eigenvalue weighted by atomic mass is 10.2. The monoisotopic (exact) mass is 333 g/mol. The average molecular weight is 333 g/mol. The molecule has 25 heavy (non-hydrogen) atoms. The molecule has 0 aliphatic heterocycles. The Balaban J connectivity index is 1.61. The number of H-pyrrole nitrogens is 1. The van der Waals surface area contributed by atoms with E-state index >= 15 is 0 Å². The van der Waals surface area contributed by atoms with Gasteiger partial charge in [0.25, 0.3) is 0 Å². The van der Waals surface area contributed by atoms with Crippen molar-refractivity contribution < 1.29 is 0 Å². The maximum Gasteiger partial charge on any atom is 0.158 e. The lowest BCUT2D eigenvalue weighted by Crippen LogP contribution is -2.10. The molecule has 0 aliphatic carbocycles. The molecule has 1 unspecified atom stereocenters. The van der Waals surface area contributed by atoms with Crippen LogP contribution in [0, 0.1) is 13.8 Å². The quantitative estimate of drug-likeness (QED) is 0.598. The van der Waals surface area contributed by atoms with Crippen LogP contribution in [0.4, 0.5) is 5.82 Å². The molecule has 3 heterocycles. The topological polar surface area (TPSA) is 84.3 Å². The van der Waals surface area contributed by atoms with Crippen molar-refractivity contribution in [2.24, 2.45) is 0 Å². The van der Waals surface area contributed by atoms with Crippen molar-refractivity contribution in [1.29, 1.82) is 0 Å². The summed E-state index contributed by atoms with van der Waals surface area (Å²) < 4.78 is 1.90. The predicted octanol–water partition coefficient (Wildman–Crippen LogP) is 3.33. The van der Waals surface area contributed by atoms with E-state index < -0.39 is 0 Å². The number of aryl methyl sites for hydroxylation is 2.